The Bertz CT molecular complexity index is 808. The Kier molecular flexibility index (Phi) is 7.06. The van der Waals surface area contributed by atoms with Crippen LogP contribution in [0.1, 0.15) is 72.5 Å². The molecular formula is C24H33NO2. The molecule has 2 aromatic rings. The standard InChI is InChI=1S/C24H33NO2/c1-15(2)21-14-22(18(5)13-23(21)27-7)19(6)25-24(26)11-10-20-9-8-16(3)17(4)12-20/h8-9,12-15,19H,10-11H2,1-7H3,(H,25,26)/t19-/m0/s1. The molecule has 0 aliphatic heterocycles. The number of aryl methyl sites for hydroxylation is 4. The van der Waals surface area contributed by atoms with Gasteiger partial charge in [0.1, 0.15) is 5.75 Å². The second kappa shape index (κ2) is 9.07. The predicted molar refractivity (Wildman–Crippen MR) is 113 cm³/mol. The largest absolute Gasteiger partial charge is 0.496 e. The van der Waals surface area contributed by atoms with Crippen LogP contribution in [0.2, 0.25) is 0 Å². The molecular weight excluding hydrogens is 334 g/mol. The zero-order chi connectivity index (χ0) is 20.1. The van der Waals surface area contributed by atoms with Gasteiger partial charge in [-0.15, -0.1) is 0 Å². The van der Waals surface area contributed by atoms with Crippen LogP contribution in [-0.2, 0) is 11.2 Å². The molecule has 2 rings (SSSR count). The van der Waals surface area contributed by atoms with Crippen molar-refractivity contribution in [1.29, 1.82) is 0 Å². The van der Waals surface area contributed by atoms with Crippen LogP contribution >= 0.6 is 0 Å². The number of carbonyl (C=O) groups excluding carboxylic acids is 1. The summed E-state index contributed by atoms with van der Waals surface area (Å²) in [4.78, 5) is 12.5. The van der Waals surface area contributed by atoms with Crippen LogP contribution in [0.5, 0.6) is 5.75 Å². The van der Waals surface area contributed by atoms with Crippen LogP contribution < -0.4 is 10.1 Å². The normalized spacial score (nSPS) is 12.1. The number of rotatable bonds is 7. The minimum Gasteiger partial charge on any atom is -0.496 e. The lowest BCUT2D eigenvalue weighted by Crippen LogP contribution is -2.27. The van der Waals surface area contributed by atoms with Crippen molar-refractivity contribution in [2.45, 2.75) is 66.3 Å². The summed E-state index contributed by atoms with van der Waals surface area (Å²) in [5.74, 6) is 1.37. The molecule has 1 atom stereocenters. The summed E-state index contributed by atoms with van der Waals surface area (Å²) in [7, 11) is 1.71. The van der Waals surface area contributed by atoms with Gasteiger partial charge in [0.05, 0.1) is 13.2 Å². The van der Waals surface area contributed by atoms with Gasteiger partial charge in [-0.1, -0.05) is 32.0 Å². The van der Waals surface area contributed by atoms with Crippen LogP contribution in [0.4, 0.5) is 0 Å². The van der Waals surface area contributed by atoms with E-state index in [1.165, 1.54) is 22.3 Å². The second-order valence-corrected chi connectivity index (χ2v) is 7.81. The molecule has 3 nitrogen and oxygen atoms in total. The lowest BCUT2D eigenvalue weighted by atomic mass is 9.93. The number of amides is 1. The van der Waals surface area contributed by atoms with E-state index < -0.39 is 0 Å². The molecule has 0 spiro atoms. The van der Waals surface area contributed by atoms with Gasteiger partial charge in [-0.2, -0.15) is 0 Å². The maximum atomic E-state index is 12.5. The van der Waals surface area contributed by atoms with Crippen LogP contribution in [0, 0.1) is 20.8 Å². The molecule has 0 aliphatic carbocycles. The van der Waals surface area contributed by atoms with Gasteiger partial charge < -0.3 is 10.1 Å². The van der Waals surface area contributed by atoms with E-state index >= 15 is 0 Å². The zero-order valence-corrected chi connectivity index (χ0v) is 17.8. The summed E-state index contributed by atoms with van der Waals surface area (Å²) in [6.45, 7) is 12.6. The first kappa shape index (κ1) is 21.0. The van der Waals surface area contributed by atoms with Gasteiger partial charge in [0.25, 0.3) is 0 Å². The van der Waals surface area contributed by atoms with Gasteiger partial charge in [0.15, 0.2) is 0 Å². The van der Waals surface area contributed by atoms with Crippen molar-refractivity contribution in [3.05, 3.63) is 63.7 Å². The monoisotopic (exact) mass is 367 g/mol. The lowest BCUT2D eigenvalue weighted by Gasteiger charge is -2.21. The van der Waals surface area contributed by atoms with Crippen molar-refractivity contribution in [3.63, 3.8) is 0 Å². The highest BCUT2D eigenvalue weighted by atomic mass is 16.5. The maximum absolute atomic E-state index is 12.5. The van der Waals surface area contributed by atoms with E-state index in [-0.39, 0.29) is 11.9 Å². The van der Waals surface area contributed by atoms with E-state index in [9.17, 15) is 4.79 Å². The lowest BCUT2D eigenvalue weighted by molar-refractivity contribution is -0.121. The third kappa shape index (κ3) is 5.35. The average molecular weight is 368 g/mol. The first-order chi connectivity index (χ1) is 12.7. The van der Waals surface area contributed by atoms with Crippen LogP contribution in [0.15, 0.2) is 30.3 Å². The zero-order valence-electron chi connectivity index (χ0n) is 17.8. The van der Waals surface area contributed by atoms with Gasteiger partial charge >= 0.3 is 0 Å². The highest BCUT2D eigenvalue weighted by molar-refractivity contribution is 5.76. The summed E-state index contributed by atoms with van der Waals surface area (Å²) < 4.78 is 5.52. The highest BCUT2D eigenvalue weighted by Crippen LogP contribution is 2.32. The van der Waals surface area contributed by atoms with Gasteiger partial charge in [0.2, 0.25) is 5.91 Å². The number of methoxy groups -OCH3 is 1. The molecule has 146 valence electrons. The number of ether oxygens (including phenoxy) is 1. The molecule has 0 saturated carbocycles. The summed E-state index contributed by atoms with van der Waals surface area (Å²) in [5, 5.41) is 3.16. The minimum atomic E-state index is -0.0272. The van der Waals surface area contributed by atoms with Gasteiger partial charge in [-0.3, -0.25) is 4.79 Å². The molecule has 0 radical (unpaired) electrons. The maximum Gasteiger partial charge on any atom is 0.220 e. The Labute approximate surface area is 164 Å². The van der Waals surface area contributed by atoms with Crippen molar-refractivity contribution in [2.24, 2.45) is 0 Å². The van der Waals surface area contributed by atoms with Crippen LogP contribution in [0.25, 0.3) is 0 Å². The van der Waals surface area contributed by atoms with Crippen molar-refractivity contribution in [1.82, 2.24) is 5.32 Å². The molecule has 1 N–H and O–H groups in total. The fraction of sp³-hybridized carbons (Fsp3) is 0.458. The molecule has 27 heavy (non-hydrogen) atoms. The minimum absolute atomic E-state index is 0.0272. The van der Waals surface area contributed by atoms with E-state index in [0.717, 1.165) is 23.3 Å². The summed E-state index contributed by atoms with van der Waals surface area (Å²) in [6.07, 6.45) is 1.26. The fourth-order valence-electron chi connectivity index (χ4n) is 3.42. The van der Waals surface area contributed by atoms with Gasteiger partial charge in [0, 0.05) is 6.42 Å². The molecule has 2 aromatic carbocycles. The fourth-order valence-corrected chi connectivity index (χ4v) is 3.42. The van der Waals surface area contributed by atoms with E-state index in [1.807, 2.05) is 6.92 Å². The Morgan fingerprint density at radius 1 is 0.963 bits per heavy atom. The number of carbonyl (C=O) groups is 1. The molecule has 0 aliphatic rings. The first-order valence-electron chi connectivity index (χ1n) is 9.76. The van der Waals surface area contributed by atoms with E-state index in [4.69, 9.17) is 4.74 Å². The predicted octanol–water partition coefficient (Wildman–Crippen LogP) is 5.55. The first-order valence-corrected chi connectivity index (χ1v) is 9.76. The van der Waals surface area contributed by atoms with Crippen molar-refractivity contribution >= 4 is 5.91 Å². The summed E-state index contributed by atoms with van der Waals surface area (Å²) in [6, 6.07) is 10.6. The molecule has 3 heteroatoms. The number of hydrogen-bond acceptors (Lipinski definition) is 2. The van der Waals surface area contributed by atoms with Crippen molar-refractivity contribution in [2.75, 3.05) is 7.11 Å². The average Bonchev–Trinajstić information content (AvgIpc) is 2.61. The Balaban J connectivity index is 2.05. The highest BCUT2D eigenvalue weighted by Gasteiger charge is 2.16. The second-order valence-electron chi connectivity index (χ2n) is 7.81. The topological polar surface area (TPSA) is 38.3 Å². The molecule has 0 aromatic heterocycles. The molecule has 0 saturated heterocycles. The number of nitrogens with one attached hydrogen (secondary N) is 1. The van der Waals surface area contributed by atoms with E-state index in [0.29, 0.717) is 12.3 Å². The van der Waals surface area contributed by atoms with E-state index in [1.54, 1.807) is 7.11 Å². The molecule has 0 fully saturated rings. The van der Waals surface area contributed by atoms with E-state index in [2.05, 4.69) is 70.3 Å². The van der Waals surface area contributed by atoms with Crippen LogP contribution in [0.3, 0.4) is 0 Å². The molecule has 0 unspecified atom stereocenters. The Morgan fingerprint density at radius 2 is 1.67 bits per heavy atom. The third-order valence-corrected chi connectivity index (χ3v) is 5.30. The quantitative estimate of drug-likeness (QED) is 0.696. The molecule has 1 amide bonds. The number of benzene rings is 2. The SMILES string of the molecule is COc1cc(C)c([C@H](C)NC(=O)CCc2ccc(C)c(C)c2)cc1C(C)C. The van der Waals surface area contributed by atoms with Gasteiger partial charge in [-0.05, 0) is 85.5 Å². The van der Waals surface area contributed by atoms with Gasteiger partial charge in [-0.25, -0.2) is 0 Å². The Hall–Kier alpha value is -2.29. The summed E-state index contributed by atoms with van der Waals surface area (Å²) >= 11 is 0. The van der Waals surface area contributed by atoms with Crippen molar-refractivity contribution in [3.8, 4) is 5.75 Å². The number of hydrogen-bond donors (Lipinski definition) is 1. The molecule has 0 heterocycles. The third-order valence-electron chi connectivity index (χ3n) is 5.30. The van der Waals surface area contributed by atoms with Crippen molar-refractivity contribution < 1.29 is 9.53 Å². The summed E-state index contributed by atoms with van der Waals surface area (Å²) in [5.41, 5.74) is 7.24. The smallest absolute Gasteiger partial charge is 0.220 e. The Morgan fingerprint density at radius 3 is 2.26 bits per heavy atom. The molecule has 0 bridgehead atoms. The van der Waals surface area contributed by atoms with Crippen LogP contribution in [-0.4, -0.2) is 13.0 Å².